The number of nitrogens with zero attached hydrogens (tertiary/aromatic N) is 1. The lowest BCUT2D eigenvalue weighted by Crippen LogP contribution is -2.53. The number of Topliss-reactive ketones (excluding diaryl/α,β-unsaturated/α-hetero) is 1. The van der Waals surface area contributed by atoms with Crippen molar-refractivity contribution in [1.82, 2.24) is 4.90 Å². The fourth-order valence-corrected chi connectivity index (χ4v) is 3.67. The number of piperidine rings is 1. The van der Waals surface area contributed by atoms with E-state index in [9.17, 15) is 14.4 Å². The van der Waals surface area contributed by atoms with Crippen molar-refractivity contribution in [3.05, 3.63) is 35.9 Å². The molecule has 1 aromatic carbocycles. The van der Waals surface area contributed by atoms with E-state index in [-0.39, 0.29) is 35.4 Å². The van der Waals surface area contributed by atoms with E-state index in [0.717, 1.165) is 0 Å². The van der Waals surface area contributed by atoms with Crippen molar-refractivity contribution >= 4 is 17.7 Å². The maximum absolute atomic E-state index is 12.6. The molecule has 5 heteroatoms. The number of ether oxygens (including phenoxy) is 1. The van der Waals surface area contributed by atoms with Gasteiger partial charge in [0.05, 0.1) is 12.5 Å². The van der Waals surface area contributed by atoms with E-state index in [0.29, 0.717) is 38.1 Å². The van der Waals surface area contributed by atoms with Crippen molar-refractivity contribution in [3.8, 4) is 0 Å². The molecule has 23 heavy (non-hydrogen) atoms. The Kier molecular flexibility index (Phi) is 4.46. The Morgan fingerprint density at radius 3 is 2.30 bits per heavy atom. The van der Waals surface area contributed by atoms with Gasteiger partial charge in [0.2, 0.25) is 0 Å². The first-order valence-electron chi connectivity index (χ1n) is 8.14. The molecule has 2 aliphatic rings. The monoisotopic (exact) mass is 315 g/mol. The standard InChI is InChI=1S/C18H21NO4/c1-2-23-18(22)13-8-14-10-19(11-15(9-13)16(14)20)17(21)12-6-4-3-5-7-12/h3-7,13-15H,2,8-11H2,1H3/t14-,15-/m1/s1. The predicted octanol–water partition coefficient (Wildman–Crippen LogP) is 1.92. The number of carbonyl (C=O) groups is 3. The van der Waals surface area contributed by atoms with Crippen LogP contribution in [0.25, 0.3) is 0 Å². The van der Waals surface area contributed by atoms with Crippen LogP contribution < -0.4 is 0 Å². The van der Waals surface area contributed by atoms with E-state index in [1.54, 1.807) is 24.0 Å². The van der Waals surface area contributed by atoms with Gasteiger partial charge in [-0.3, -0.25) is 14.4 Å². The molecule has 1 amide bonds. The minimum absolute atomic E-state index is 0.0392. The van der Waals surface area contributed by atoms with E-state index in [2.05, 4.69) is 0 Å². The van der Waals surface area contributed by atoms with Gasteiger partial charge in [0.1, 0.15) is 5.78 Å². The van der Waals surface area contributed by atoms with Crippen LogP contribution >= 0.6 is 0 Å². The highest BCUT2D eigenvalue weighted by Crippen LogP contribution is 2.36. The van der Waals surface area contributed by atoms with Gasteiger partial charge in [0, 0.05) is 30.5 Å². The Morgan fingerprint density at radius 2 is 1.74 bits per heavy atom. The second-order valence-electron chi connectivity index (χ2n) is 6.29. The van der Waals surface area contributed by atoms with Gasteiger partial charge in [-0.1, -0.05) is 18.2 Å². The average molecular weight is 315 g/mol. The van der Waals surface area contributed by atoms with Gasteiger partial charge in [-0.2, -0.15) is 0 Å². The van der Waals surface area contributed by atoms with Gasteiger partial charge in [0.25, 0.3) is 5.91 Å². The first kappa shape index (κ1) is 15.7. The molecule has 1 aliphatic carbocycles. The predicted molar refractivity (Wildman–Crippen MR) is 83.7 cm³/mol. The topological polar surface area (TPSA) is 63.7 Å². The highest BCUT2D eigenvalue weighted by atomic mass is 16.5. The Hall–Kier alpha value is -2.17. The maximum Gasteiger partial charge on any atom is 0.308 e. The molecule has 2 fully saturated rings. The zero-order valence-corrected chi connectivity index (χ0v) is 13.2. The summed E-state index contributed by atoms with van der Waals surface area (Å²) >= 11 is 0. The number of esters is 1. The molecule has 2 atom stereocenters. The van der Waals surface area contributed by atoms with Crippen LogP contribution in [0.15, 0.2) is 30.3 Å². The molecule has 3 rings (SSSR count). The summed E-state index contributed by atoms with van der Waals surface area (Å²) in [6, 6.07) is 9.11. The van der Waals surface area contributed by atoms with Crippen LogP contribution in [0.2, 0.25) is 0 Å². The van der Waals surface area contributed by atoms with E-state index in [1.165, 1.54) is 0 Å². The molecule has 122 valence electrons. The number of amides is 1. The fraction of sp³-hybridized carbons (Fsp3) is 0.500. The Labute approximate surface area is 135 Å². The van der Waals surface area contributed by atoms with Gasteiger partial charge >= 0.3 is 5.97 Å². The van der Waals surface area contributed by atoms with Crippen molar-refractivity contribution in [2.24, 2.45) is 17.8 Å². The van der Waals surface area contributed by atoms with Crippen molar-refractivity contribution in [2.75, 3.05) is 19.7 Å². The summed E-state index contributed by atoms with van der Waals surface area (Å²) in [4.78, 5) is 38.6. The Balaban J connectivity index is 1.71. The summed E-state index contributed by atoms with van der Waals surface area (Å²) in [7, 11) is 0. The van der Waals surface area contributed by atoms with Crippen LogP contribution in [-0.2, 0) is 14.3 Å². The fourth-order valence-electron chi connectivity index (χ4n) is 3.67. The van der Waals surface area contributed by atoms with Crippen LogP contribution in [0.1, 0.15) is 30.1 Å². The molecule has 1 saturated heterocycles. The van der Waals surface area contributed by atoms with Crippen molar-refractivity contribution in [2.45, 2.75) is 19.8 Å². The minimum Gasteiger partial charge on any atom is -0.466 e. The number of fused-ring (bicyclic) bond motifs is 2. The van der Waals surface area contributed by atoms with E-state index < -0.39 is 0 Å². The molecule has 0 spiro atoms. The average Bonchev–Trinajstić information content (AvgIpc) is 2.55. The smallest absolute Gasteiger partial charge is 0.308 e. The summed E-state index contributed by atoms with van der Waals surface area (Å²) in [6.07, 6.45) is 0.986. The third-order valence-corrected chi connectivity index (χ3v) is 4.75. The first-order chi connectivity index (χ1) is 11.1. The van der Waals surface area contributed by atoms with Gasteiger partial charge < -0.3 is 9.64 Å². The second kappa shape index (κ2) is 6.52. The number of hydrogen-bond donors (Lipinski definition) is 0. The van der Waals surface area contributed by atoms with E-state index in [4.69, 9.17) is 4.74 Å². The molecule has 2 bridgehead atoms. The maximum atomic E-state index is 12.6. The van der Waals surface area contributed by atoms with E-state index >= 15 is 0 Å². The second-order valence-corrected chi connectivity index (χ2v) is 6.29. The van der Waals surface area contributed by atoms with Crippen LogP contribution in [-0.4, -0.2) is 42.3 Å². The SMILES string of the molecule is CCOC(=O)C1C[C@@H]2CN(C(=O)c3ccccc3)C[C@@H](C1)C2=O. The molecule has 1 aromatic rings. The third-order valence-electron chi connectivity index (χ3n) is 4.75. The molecule has 0 unspecified atom stereocenters. The molecule has 0 aromatic heterocycles. The number of likely N-dealkylation sites (tertiary alicyclic amines) is 1. The summed E-state index contributed by atoms with van der Waals surface area (Å²) in [5.74, 6) is -0.756. The summed E-state index contributed by atoms with van der Waals surface area (Å²) in [5, 5.41) is 0. The lowest BCUT2D eigenvalue weighted by molar-refractivity contribution is -0.153. The van der Waals surface area contributed by atoms with E-state index in [1.807, 2.05) is 18.2 Å². The van der Waals surface area contributed by atoms with Crippen molar-refractivity contribution < 1.29 is 19.1 Å². The van der Waals surface area contributed by atoms with Crippen molar-refractivity contribution in [3.63, 3.8) is 0 Å². The molecule has 1 saturated carbocycles. The largest absolute Gasteiger partial charge is 0.466 e. The highest BCUT2D eigenvalue weighted by molar-refractivity contribution is 5.96. The quantitative estimate of drug-likeness (QED) is 0.799. The molecule has 0 N–H and O–H groups in total. The lowest BCUT2D eigenvalue weighted by atomic mass is 9.71. The normalized spacial score (nSPS) is 26.7. The van der Waals surface area contributed by atoms with Gasteiger partial charge in [-0.15, -0.1) is 0 Å². The molecule has 5 nitrogen and oxygen atoms in total. The number of ketones is 1. The summed E-state index contributed by atoms with van der Waals surface area (Å²) in [6.45, 7) is 2.95. The zero-order chi connectivity index (χ0) is 16.4. The summed E-state index contributed by atoms with van der Waals surface area (Å²) in [5.41, 5.74) is 0.641. The van der Waals surface area contributed by atoms with Crippen LogP contribution in [0.4, 0.5) is 0 Å². The molecule has 1 heterocycles. The van der Waals surface area contributed by atoms with Crippen LogP contribution in [0.3, 0.4) is 0 Å². The molecule has 0 radical (unpaired) electrons. The highest BCUT2D eigenvalue weighted by Gasteiger charge is 2.45. The summed E-state index contributed by atoms with van der Waals surface area (Å²) < 4.78 is 5.09. The van der Waals surface area contributed by atoms with Crippen LogP contribution in [0.5, 0.6) is 0 Å². The number of carbonyl (C=O) groups excluding carboxylic acids is 3. The van der Waals surface area contributed by atoms with Gasteiger partial charge in [0.15, 0.2) is 0 Å². The molecular weight excluding hydrogens is 294 g/mol. The van der Waals surface area contributed by atoms with Crippen LogP contribution in [0, 0.1) is 17.8 Å². The van der Waals surface area contributed by atoms with Gasteiger partial charge in [-0.25, -0.2) is 0 Å². The molecule has 1 aliphatic heterocycles. The number of benzene rings is 1. The Morgan fingerprint density at radius 1 is 1.13 bits per heavy atom. The minimum atomic E-state index is -0.246. The number of rotatable bonds is 3. The third kappa shape index (κ3) is 3.14. The van der Waals surface area contributed by atoms with Gasteiger partial charge in [-0.05, 0) is 31.9 Å². The molecular formula is C18H21NO4. The zero-order valence-electron chi connectivity index (χ0n) is 13.2. The lowest BCUT2D eigenvalue weighted by Gasteiger charge is -2.42. The van der Waals surface area contributed by atoms with Crippen molar-refractivity contribution in [1.29, 1.82) is 0 Å². The first-order valence-corrected chi connectivity index (χ1v) is 8.14. The number of hydrogen-bond acceptors (Lipinski definition) is 4. The Bertz CT molecular complexity index is 595.